The highest BCUT2D eigenvalue weighted by Gasteiger charge is 2.46. The standard InChI is InChI=1S/C15H22BO3/c1-14(2,3)12-5-7-13(8-6-12)16-17-9-15(4,10-18-16)11-19-16/h5-8H,9-11H2,1-4H3/q-1. The lowest BCUT2D eigenvalue weighted by Crippen LogP contribution is -2.68. The molecule has 2 bridgehead atoms. The summed E-state index contributed by atoms with van der Waals surface area (Å²) in [4.78, 5) is 0. The van der Waals surface area contributed by atoms with E-state index in [0.717, 1.165) is 5.46 Å². The minimum absolute atomic E-state index is 0.0227. The molecule has 0 aliphatic carbocycles. The van der Waals surface area contributed by atoms with Crippen molar-refractivity contribution in [3.8, 4) is 0 Å². The first kappa shape index (κ1) is 13.2. The van der Waals surface area contributed by atoms with Crippen LogP contribution in [0.3, 0.4) is 0 Å². The summed E-state index contributed by atoms with van der Waals surface area (Å²) in [5.74, 6) is 0. The van der Waals surface area contributed by atoms with Gasteiger partial charge in [-0.05, 0) is 11.0 Å². The topological polar surface area (TPSA) is 27.7 Å². The zero-order chi connectivity index (χ0) is 13.7. The van der Waals surface area contributed by atoms with E-state index in [0.29, 0.717) is 19.8 Å². The van der Waals surface area contributed by atoms with Crippen molar-refractivity contribution in [2.45, 2.75) is 33.1 Å². The maximum absolute atomic E-state index is 5.90. The fraction of sp³-hybridized carbons (Fsp3) is 0.600. The van der Waals surface area contributed by atoms with Crippen LogP contribution in [0.4, 0.5) is 0 Å². The Labute approximate surface area is 115 Å². The predicted molar refractivity (Wildman–Crippen MR) is 76.5 cm³/mol. The molecule has 3 saturated heterocycles. The van der Waals surface area contributed by atoms with Crippen molar-refractivity contribution in [1.29, 1.82) is 0 Å². The van der Waals surface area contributed by atoms with Gasteiger partial charge in [-0.25, -0.2) is 0 Å². The van der Waals surface area contributed by atoms with Crippen LogP contribution in [0.25, 0.3) is 0 Å². The van der Waals surface area contributed by atoms with Gasteiger partial charge in [0.2, 0.25) is 0 Å². The molecule has 0 spiro atoms. The Kier molecular flexibility index (Phi) is 2.82. The number of hydrogen-bond acceptors (Lipinski definition) is 3. The summed E-state index contributed by atoms with van der Waals surface area (Å²) in [6.45, 7) is 9.21. The normalized spacial score (nSPS) is 34.5. The van der Waals surface area contributed by atoms with Crippen LogP contribution in [-0.4, -0.2) is 26.6 Å². The van der Waals surface area contributed by atoms with E-state index in [9.17, 15) is 0 Å². The van der Waals surface area contributed by atoms with Crippen LogP contribution in [0.1, 0.15) is 33.3 Å². The van der Waals surface area contributed by atoms with Crippen molar-refractivity contribution in [3.63, 3.8) is 0 Å². The van der Waals surface area contributed by atoms with Gasteiger partial charge in [0.15, 0.2) is 0 Å². The highest BCUT2D eigenvalue weighted by atomic mass is 16.8. The van der Waals surface area contributed by atoms with E-state index in [2.05, 4.69) is 52.0 Å². The quantitative estimate of drug-likeness (QED) is 0.725. The van der Waals surface area contributed by atoms with Crippen molar-refractivity contribution in [2.75, 3.05) is 19.8 Å². The van der Waals surface area contributed by atoms with E-state index in [4.69, 9.17) is 14.0 Å². The zero-order valence-corrected chi connectivity index (χ0v) is 12.2. The SMILES string of the molecule is CC12CO[B-](c3ccc(C(C)(C)C)cc3)(OC1)OC2. The van der Waals surface area contributed by atoms with Gasteiger partial charge in [0.1, 0.15) is 0 Å². The average molecular weight is 261 g/mol. The largest absolute Gasteiger partial charge is 0.540 e. The second kappa shape index (κ2) is 4.08. The Morgan fingerprint density at radius 2 is 1.42 bits per heavy atom. The number of fused-ring (bicyclic) bond motifs is 3. The fourth-order valence-corrected chi connectivity index (χ4v) is 2.71. The van der Waals surface area contributed by atoms with E-state index >= 15 is 0 Å². The molecular formula is C15H22BO3-. The molecule has 4 heteroatoms. The average Bonchev–Trinajstić information content (AvgIpc) is 2.39. The molecule has 4 rings (SSSR count). The molecule has 0 unspecified atom stereocenters. The Morgan fingerprint density at radius 3 is 1.84 bits per heavy atom. The Bertz CT molecular complexity index is 451. The van der Waals surface area contributed by atoms with E-state index in [1.54, 1.807) is 0 Å². The van der Waals surface area contributed by atoms with Crippen LogP contribution < -0.4 is 5.46 Å². The van der Waals surface area contributed by atoms with Crippen LogP contribution in [0.15, 0.2) is 24.3 Å². The second-order valence-electron chi connectivity index (χ2n) is 7.26. The molecule has 0 radical (unpaired) electrons. The van der Waals surface area contributed by atoms with Crippen LogP contribution in [0.2, 0.25) is 0 Å². The molecular weight excluding hydrogens is 239 g/mol. The zero-order valence-electron chi connectivity index (χ0n) is 12.2. The molecule has 0 N–H and O–H groups in total. The predicted octanol–water partition coefficient (Wildman–Crippen LogP) is 2.21. The summed E-state index contributed by atoms with van der Waals surface area (Å²) in [6.07, 6.45) is 0. The van der Waals surface area contributed by atoms with Crippen molar-refractivity contribution in [1.82, 2.24) is 0 Å². The number of rotatable bonds is 1. The van der Waals surface area contributed by atoms with E-state index in [-0.39, 0.29) is 10.8 Å². The van der Waals surface area contributed by atoms with Crippen LogP contribution in [0.5, 0.6) is 0 Å². The summed E-state index contributed by atoms with van der Waals surface area (Å²) in [5, 5.41) is 0. The monoisotopic (exact) mass is 261 g/mol. The Hall–Kier alpha value is -0.835. The van der Waals surface area contributed by atoms with Gasteiger partial charge in [-0.15, -0.1) is 5.46 Å². The third-order valence-corrected chi connectivity index (χ3v) is 4.14. The lowest BCUT2D eigenvalue weighted by molar-refractivity contribution is -0.119. The first-order chi connectivity index (χ1) is 8.83. The summed E-state index contributed by atoms with van der Waals surface area (Å²) >= 11 is 0. The molecule has 0 aromatic heterocycles. The van der Waals surface area contributed by atoms with Gasteiger partial charge in [0, 0.05) is 25.2 Å². The second-order valence-corrected chi connectivity index (χ2v) is 7.26. The van der Waals surface area contributed by atoms with Gasteiger partial charge in [0.05, 0.1) is 0 Å². The third kappa shape index (κ3) is 2.22. The minimum Gasteiger partial charge on any atom is -0.540 e. The van der Waals surface area contributed by atoms with Crippen LogP contribution in [0, 0.1) is 5.41 Å². The number of hydrogen-bond donors (Lipinski definition) is 0. The molecule has 1 aromatic carbocycles. The van der Waals surface area contributed by atoms with Gasteiger partial charge in [-0.2, -0.15) is 0 Å². The fourth-order valence-electron chi connectivity index (χ4n) is 2.71. The maximum Gasteiger partial charge on any atom is 0.409 e. The van der Waals surface area contributed by atoms with Crippen molar-refractivity contribution in [3.05, 3.63) is 29.8 Å². The summed E-state index contributed by atoms with van der Waals surface area (Å²) in [5.41, 5.74) is 2.49. The third-order valence-electron chi connectivity index (χ3n) is 4.14. The lowest BCUT2D eigenvalue weighted by Gasteiger charge is -2.58. The Morgan fingerprint density at radius 1 is 0.947 bits per heavy atom. The molecule has 3 aliphatic heterocycles. The van der Waals surface area contributed by atoms with Gasteiger partial charge < -0.3 is 14.0 Å². The van der Waals surface area contributed by atoms with E-state index in [1.165, 1.54) is 5.56 Å². The molecule has 3 nitrogen and oxygen atoms in total. The Balaban J connectivity index is 1.87. The summed E-state index contributed by atoms with van der Waals surface area (Å²) in [7, 11) is 0. The first-order valence-corrected chi connectivity index (χ1v) is 6.99. The summed E-state index contributed by atoms with van der Waals surface area (Å²) < 4.78 is 17.7. The molecule has 0 amide bonds. The van der Waals surface area contributed by atoms with E-state index < -0.39 is 6.75 Å². The molecule has 0 atom stereocenters. The minimum atomic E-state index is -1.71. The smallest absolute Gasteiger partial charge is 0.409 e. The maximum atomic E-state index is 5.90. The number of benzene rings is 1. The van der Waals surface area contributed by atoms with Gasteiger partial charge in [-0.3, -0.25) is 0 Å². The molecule has 19 heavy (non-hydrogen) atoms. The first-order valence-electron chi connectivity index (χ1n) is 6.99. The van der Waals surface area contributed by atoms with Crippen LogP contribution in [-0.2, 0) is 19.4 Å². The molecule has 3 fully saturated rings. The molecule has 1 aromatic rings. The van der Waals surface area contributed by atoms with Crippen molar-refractivity contribution < 1.29 is 14.0 Å². The highest BCUT2D eigenvalue weighted by molar-refractivity contribution is 6.75. The molecule has 0 saturated carbocycles. The summed E-state index contributed by atoms with van der Waals surface area (Å²) in [6, 6.07) is 8.44. The molecule has 3 heterocycles. The molecule has 3 aliphatic rings. The van der Waals surface area contributed by atoms with Gasteiger partial charge in [-0.1, -0.05) is 52.0 Å². The van der Waals surface area contributed by atoms with Gasteiger partial charge in [0.25, 0.3) is 0 Å². The highest BCUT2D eigenvalue weighted by Crippen LogP contribution is 2.35. The van der Waals surface area contributed by atoms with Crippen molar-refractivity contribution >= 4 is 12.2 Å². The lowest BCUT2D eigenvalue weighted by atomic mass is 9.64. The van der Waals surface area contributed by atoms with Crippen molar-refractivity contribution in [2.24, 2.45) is 5.41 Å². The van der Waals surface area contributed by atoms with E-state index in [1.807, 2.05) is 0 Å². The van der Waals surface area contributed by atoms with Crippen LogP contribution >= 0.6 is 0 Å². The molecule has 104 valence electrons. The van der Waals surface area contributed by atoms with Gasteiger partial charge >= 0.3 is 6.75 Å².